The number of hydrogen-bond donors (Lipinski definition) is 3. The fraction of sp³-hybridized carbons (Fsp3) is 0.500. The molecule has 0 bridgehead atoms. The molecule has 0 aromatic carbocycles. The second-order valence-electron chi connectivity index (χ2n) is 2.79. The van der Waals surface area contributed by atoms with E-state index in [-0.39, 0.29) is 42.4 Å². The third kappa shape index (κ3) is 17.6. The Bertz CT molecular complexity index is 282. The van der Waals surface area contributed by atoms with Crippen LogP contribution in [0.2, 0.25) is 0 Å². The van der Waals surface area contributed by atoms with E-state index >= 15 is 0 Å². The number of nitrogens with two attached hydrogens (primary N) is 2. The van der Waals surface area contributed by atoms with E-state index in [1.807, 2.05) is 0 Å². The Labute approximate surface area is 120 Å². The van der Waals surface area contributed by atoms with Gasteiger partial charge < -0.3 is 26.5 Å². The maximum absolute atomic E-state index is 10.1. The second-order valence-corrected chi connectivity index (χ2v) is 2.79. The molecule has 0 radical (unpaired) electrons. The van der Waals surface area contributed by atoms with Crippen LogP contribution >= 0.6 is 0 Å². The molecule has 1 amide bonds. The predicted octanol–water partition coefficient (Wildman–Crippen LogP) is -6.01. The third-order valence-corrected chi connectivity index (χ3v) is 1.31. The molecule has 0 saturated carbocycles. The molecule has 9 heteroatoms. The summed E-state index contributed by atoms with van der Waals surface area (Å²) in [6, 6.07) is -0.979. The Morgan fingerprint density at radius 2 is 1.65 bits per heavy atom. The van der Waals surface area contributed by atoms with Gasteiger partial charge in [-0.05, 0) is 6.42 Å². The Balaban J connectivity index is -0.000000244. The van der Waals surface area contributed by atoms with Crippen molar-refractivity contribution in [1.82, 2.24) is 0 Å². The molecule has 0 fully saturated rings. The number of hydrogen-bond acceptors (Lipinski definition) is 6. The topological polar surface area (TPSA) is 164 Å². The molecule has 0 spiro atoms. The molecule has 0 aliphatic heterocycles. The van der Waals surface area contributed by atoms with Crippen molar-refractivity contribution in [2.75, 3.05) is 0 Å². The molecule has 0 aliphatic carbocycles. The molecule has 5 N–H and O–H groups in total. The fourth-order valence-corrected chi connectivity index (χ4v) is 0.421. The Hall–Kier alpha value is -0.960. The van der Waals surface area contributed by atoms with Gasteiger partial charge in [0.05, 0.1) is 0 Å². The molecule has 0 heterocycles. The molecule has 1 atom stereocenters. The molecule has 17 heavy (non-hydrogen) atoms. The van der Waals surface area contributed by atoms with Crippen molar-refractivity contribution in [2.24, 2.45) is 11.5 Å². The van der Waals surface area contributed by atoms with Crippen molar-refractivity contribution in [1.29, 1.82) is 0 Å². The maximum Gasteiger partial charge on any atom is 1.00 e. The largest absolute Gasteiger partial charge is 1.00 e. The number of primary amides is 1. The fourth-order valence-electron chi connectivity index (χ4n) is 0.421. The van der Waals surface area contributed by atoms with Crippen LogP contribution in [0.15, 0.2) is 0 Å². The summed E-state index contributed by atoms with van der Waals surface area (Å²) in [6.45, 7) is 0.940. The first-order chi connectivity index (χ1) is 7.18. The summed E-state index contributed by atoms with van der Waals surface area (Å²) in [5.74, 6) is -4.21. The summed E-state index contributed by atoms with van der Waals surface area (Å²) < 4.78 is 0. The number of aliphatic carboxylic acids is 2. The summed E-state index contributed by atoms with van der Waals surface area (Å²) in [5, 5.41) is 17.5. The van der Waals surface area contributed by atoms with Crippen LogP contribution in [-0.2, 0) is 19.2 Å². The molecule has 0 rings (SSSR count). The average molecular weight is 256 g/mol. The van der Waals surface area contributed by atoms with Crippen molar-refractivity contribution >= 4 is 23.6 Å². The van der Waals surface area contributed by atoms with E-state index in [4.69, 9.17) is 16.6 Å². The minimum atomic E-state index is -1.63. The predicted molar refractivity (Wildman–Crippen MR) is 49.7 cm³/mol. The summed E-state index contributed by atoms with van der Waals surface area (Å²) in [4.78, 5) is 38.9. The van der Waals surface area contributed by atoms with Gasteiger partial charge in [-0.1, -0.05) is 0 Å². The van der Waals surface area contributed by atoms with Gasteiger partial charge in [0.15, 0.2) is 5.78 Å². The first-order valence-electron chi connectivity index (χ1n) is 4.17. The Morgan fingerprint density at radius 3 is 1.82 bits per heavy atom. The first-order valence-corrected chi connectivity index (χ1v) is 4.17. The normalized spacial score (nSPS) is 10.0. The van der Waals surface area contributed by atoms with Gasteiger partial charge in [-0.25, -0.2) is 0 Å². The molecule has 0 aliphatic rings. The zero-order valence-corrected chi connectivity index (χ0v) is 11.6. The van der Waals surface area contributed by atoms with Gasteiger partial charge in [0, 0.05) is 13.3 Å². The first kappa shape index (κ1) is 21.3. The quantitative estimate of drug-likeness (QED) is 0.325. The van der Waals surface area contributed by atoms with Crippen LogP contribution in [0.25, 0.3) is 0 Å². The van der Waals surface area contributed by atoms with Crippen LogP contribution in [0.5, 0.6) is 0 Å². The van der Waals surface area contributed by atoms with Gasteiger partial charge in [0.2, 0.25) is 5.91 Å². The number of carbonyl (C=O) groups is 4. The van der Waals surface area contributed by atoms with E-state index in [1.54, 1.807) is 0 Å². The zero-order valence-electron chi connectivity index (χ0n) is 9.63. The van der Waals surface area contributed by atoms with Crippen LogP contribution in [0, 0.1) is 0 Å². The van der Waals surface area contributed by atoms with E-state index in [0.717, 1.165) is 6.92 Å². The molecule has 8 nitrogen and oxygen atoms in total. The van der Waals surface area contributed by atoms with Crippen molar-refractivity contribution in [2.45, 2.75) is 25.8 Å². The minimum absolute atomic E-state index is 0. The van der Waals surface area contributed by atoms with Crippen molar-refractivity contribution in [3.05, 3.63) is 0 Å². The van der Waals surface area contributed by atoms with Gasteiger partial charge in [-0.2, -0.15) is 0 Å². The van der Waals surface area contributed by atoms with Crippen molar-refractivity contribution in [3.63, 3.8) is 0 Å². The SMILES string of the molecule is CC(=O)C(=O)[O-].NC(=O)CCC(N)C(=O)O.[Na+]. The van der Waals surface area contributed by atoms with Crippen LogP contribution < -0.4 is 46.1 Å². The van der Waals surface area contributed by atoms with Gasteiger partial charge in [-0.15, -0.1) is 0 Å². The van der Waals surface area contributed by atoms with Gasteiger partial charge in [-0.3, -0.25) is 14.4 Å². The number of carboxylic acid groups (broad SMARTS) is 2. The van der Waals surface area contributed by atoms with E-state index in [1.165, 1.54) is 0 Å². The number of amides is 1. The Kier molecular flexibility index (Phi) is 14.5. The van der Waals surface area contributed by atoms with Crippen LogP contribution in [0.3, 0.4) is 0 Å². The van der Waals surface area contributed by atoms with Crippen molar-refractivity contribution < 1.29 is 58.9 Å². The summed E-state index contributed by atoms with van der Waals surface area (Å²) in [5.41, 5.74) is 9.81. The molecule has 0 aromatic heterocycles. The van der Waals surface area contributed by atoms with Crippen molar-refractivity contribution in [3.8, 4) is 0 Å². The molecule has 0 aromatic rings. The molecule has 0 saturated heterocycles. The Morgan fingerprint density at radius 1 is 1.29 bits per heavy atom. The number of Topliss-reactive ketones (excluding diaryl/α,β-unsaturated/α-hetero) is 1. The maximum atomic E-state index is 10.1. The standard InChI is InChI=1S/C5H10N2O3.C3H4O3.Na/c6-3(5(9)10)1-2-4(7)8;1-2(4)3(5)6;/h3H,1-2,6H2,(H2,7,8)(H,9,10);1H3,(H,5,6);/q;;+1/p-1. The van der Waals surface area contributed by atoms with E-state index in [0.29, 0.717) is 0 Å². The summed E-state index contributed by atoms with van der Waals surface area (Å²) in [6.07, 6.45) is 0.123. The summed E-state index contributed by atoms with van der Waals surface area (Å²) >= 11 is 0. The smallest absolute Gasteiger partial charge is 0.542 e. The molecule has 1 unspecified atom stereocenters. The van der Waals surface area contributed by atoms with E-state index in [9.17, 15) is 24.3 Å². The minimum Gasteiger partial charge on any atom is -0.542 e. The van der Waals surface area contributed by atoms with Crippen LogP contribution in [0.1, 0.15) is 19.8 Å². The van der Waals surface area contributed by atoms with Gasteiger partial charge in [0.1, 0.15) is 12.0 Å². The third-order valence-electron chi connectivity index (χ3n) is 1.31. The summed E-state index contributed by atoms with van der Waals surface area (Å²) in [7, 11) is 0. The van der Waals surface area contributed by atoms with Crippen LogP contribution in [-0.4, -0.2) is 34.8 Å². The number of ketones is 1. The van der Waals surface area contributed by atoms with Crippen LogP contribution in [0.4, 0.5) is 0 Å². The zero-order chi connectivity index (χ0) is 13.3. The number of carboxylic acids is 2. The van der Waals surface area contributed by atoms with Gasteiger partial charge >= 0.3 is 35.5 Å². The van der Waals surface area contributed by atoms with Gasteiger partial charge in [0.25, 0.3) is 0 Å². The van der Waals surface area contributed by atoms with E-state index in [2.05, 4.69) is 0 Å². The second kappa shape index (κ2) is 11.5. The number of carbonyl (C=O) groups excluding carboxylic acids is 3. The molecule has 92 valence electrons. The number of rotatable bonds is 5. The van der Waals surface area contributed by atoms with E-state index < -0.39 is 29.7 Å². The molecular formula is C8H13N2NaO6. The average Bonchev–Trinajstić information content (AvgIpc) is 2.14. The monoisotopic (exact) mass is 256 g/mol. The molecular weight excluding hydrogens is 243 g/mol.